The standard InChI is InChI=1S/C16H21NO2/c1-12(19-13(2)18)16-11-10-15(17-16)9-8-14-6-4-3-5-7-14/h3-7,12,16H,8-11H2,1-2H3. The van der Waals surface area contributed by atoms with Crippen molar-refractivity contribution in [2.45, 2.75) is 51.7 Å². The number of carbonyl (C=O) groups excluding carboxylic acids is 1. The van der Waals surface area contributed by atoms with E-state index in [9.17, 15) is 4.79 Å². The Kier molecular flexibility index (Phi) is 4.72. The fraction of sp³-hybridized carbons (Fsp3) is 0.500. The minimum atomic E-state index is -0.222. The summed E-state index contributed by atoms with van der Waals surface area (Å²) in [6.07, 6.45) is 3.97. The third-order valence-electron chi connectivity index (χ3n) is 3.52. The number of hydrogen-bond acceptors (Lipinski definition) is 3. The zero-order chi connectivity index (χ0) is 13.7. The van der Waals surface area contributed by atoms with Crippen LogP contribution in [0.5, 0.6) is 0 Å². The van der Waals surface area contributed by atoms with Crippen LogP contribution in [0.15, 0.2) is 35.3 Å². The lowest BCUT2D eigenvalue weighted by molar-refractivity contribution is -0.146. The Balaban J connectivity index is 1.84. The Hall–Kier alpha value is -1.64. The van der Waals surface area contributed by atoms with Crippen LogP contribution in [-0.4, -0.2) is 23.8 Å². The third-order valence-corrected chi connectivity index (χ3v) is 3.52. The van der Waals surface area contributed by atoms with Crippen molar-refractivity contribution in [1.29, 1.82) is 0 Å². The quantitative estimate of drug-likeness (QED) is 0.762. The highest BCUT2D eigenvalue weighted by Crippen LogP contribution is 2.21. The van der Waals surface area contributed by atoms with Crippen LogP contribution >= 0.6 is 0 Å². The zero-order valence-electron chi connectivity index (χ0n) is 11.6. The first-order chi connectivity index (χ1) is 9.15. The fourth-order valence-electron chi connectivity index (χ4n) is 2.48. The summed E-state index contributed by atoms with van der Waals surface area (Å²) in [5.41, 5.74) is 2.61. The average molecular weight is 259 g/mol. The van der Waals surface area contributed by atoms with Gasteiger partial charge in [0.15, 0.2) is 0 Å². The van der Waals surface area contributed by atoms with E-state index in [0.717, 1.165) is 25.7 Å². The van der Waals surface area contributed by atoms with Crippen molar-refractivity contribution < 1.29 is 9.53 Å². The summed E-state index contributed by atoms with van der Waals surface area (Å²) in [6.45, 7) is 3.38. The van der Waals surface area contributed by atoms with Gasteiger partial charge in [0.2, 0.25) is 0 Å². The number of aryl methyl sites for hydroxylation is 1. The van der Waals surface area contributed by atoms with E-state index in [1.54, 1.807) is 0 Å². The Morgan fingerprint density at radius 1 is 1.37 bits per heavy atom. The zero-order valence-corrected chi connectivity index (χ0v) is 11.6. The highest BCUT2D eigenvalue weighted by Gasteiger charge is 2.24. The van der Waals surface area contributed by atoms with Crippen LogP contribution < -0.4 is 0 Å². The summed E-state index contributed by atoms with van der Waals surface area (Å²) in [5, 5.41) is 0. The number of nitrogens with zero attached hydrogens (tertiary/aromatic N) is 1. The molecule has 3 heteroatoms. The molecule has 102 valence electrons. The lowest BCUT2D eigenvalue weighted by Gasteiger charge is -2.15. The van der Waals surface area contributed by atoms with Gasteiger partial charge in [0.05, 0.1) is 6.04 Å². The molecule has 0 saturated carbocycles. The van der Waals surface area contributed by atoms with Crippen molar-refractivity contribution in [3.63, 3.8) is 0 Å². The molecule has 0 saturated heterocycles. The molecule has 0 spiro atoms. The van der Waals surface area contributed by atoms with E-state index in [2.05, 4.69) is 24.3 Å². The molecule has 1 heterocycles. The summed E-state index contributed by atoms with van der Waals surface area (Å²) in [5.74, 6) is -0.222. The first kappa shape index (κ1) is 13.8. The molecule has 2 rings (SSSR count). The Labute approximate surface area is 114 Å². The molecule has 0 N–H and O–H groups in total. The van der Waals surface area contributed by atoms with Crippen LogP contribution in [0.4, 0.5) is 0 Å². The number of ether oxygens (including phenoxy) is 1. The van der Waals surface area contributed by atoms with Gasteiger partial charge in [0.25, 0.3) is 0 Å². The lowest BCUT2D eigenvalue weighted by Crippen LogP contribution is -2.24. The summed E-state index contributed by atoms with van der Waals surface area (Å²) < 4.78 is 5.20. The Morgan fingerprint density at radius 3 is 2.79 bits per heavy atom. The number of rotatable bonds is 5. The van der Waals surface area contributed by atoms with Crippen molar-refractivity contribution in [3.05, 3.63) is 35.9 Å². The van der Waals surface area contributed by atoms with E-state index in [1.807, 2.05) is 13.0 Å². The molecule has 0 bridgehead atoms. The van der Waals surface area contributed by atoms with Gasteiger partial charge in [-0.2, -0.15) is 0 Å². The van der Waals surface area contributed by atoms with E-state index in [0.29, 0.717) is 0 Å². The molecule has 2 atom stereocenters. The molecule has 1 aliphatic rings. The van der Waals surface area contributed by atoms with E-state index in [4.69, 9.17) is 9.73 Å². The van der Waals surface area contributed by atoms with Gasteiger partial charge < -0.3 is 4.74 Å². The van der Waals surface area contributed by atoms with Crippen LogP contribution in [-0.2, 0) is 16.0 Å². The predicted molar refractivity (Wildman–Crippen MR) is 76.4 cm³/mol. The van der Waals surface area contributed by atoms with Crippen LogP contribution in [0.2, 0.25) is 0 Å². The molecule has 1 aromatic carbocycles. The Bertz CT molecular complexity index is 453. The summed E-state index contributed by atoms with van der Waals surface area (Å²) >= 11 is 0. The van der Waals surface area contributed by atoms with Crippen molar-refractivity contribution in [2.75, 3.05) is 0 Å². The van der Waals surface area contributed by atoms with Gasteiger partial charge in [-0.25, -0.2) is 0 Å². The molecule has 0 aliphatic carbocycles. The lowest BCUT2D eigenvalue weighted by atomic mass is 10.0. The molecule has 0 aromatic heterocycles. The number of hydrogen-bond donors (Lipinski definition) is 0. The van der Waals surface area contributed by atoms with Crippen molar-refractivity contribution in [1.82, 2.24) is 0 Å². The highest BCUT2D eigenvalue weighted by molar-refractivity contribution is 5.86. The molecule has 1 aromatic rings. The second-order valence-corrected chi connectivity index (χ2v) is 5.10. The van der Waals surface area contributed by atoms with Crippen molar-refractivity contribution in [2.24, 2.45) is 4.99 Å². The first-order valence-electron chi connectivity index (χ1n) is 6.92. The number of esters is 1. The summed E-state index contributed by atoms with van der Waals surface area (Å²) in [4.78, 5) is 15.6. The second kappa shape index (κ2) is 6.50. The van der Waals surface area contributed by atoms with Crippen LogP contribution in [0.1, 0.15) is 38.7 Å². The normalized spacial score (nSPS) is 19.9. The van der Waals surface area contributed by atoms with Gasteiger partial charge in [0, 0.05) is 12.6 Å². The Morgan fingerprint density at radius 2 is 2.11 bits per heavy atom. The monoisotopic (exact) mass is 259 g/mol. The van der Waals surface area contributed by atoms with Crippen LogP contribution in [0, 0.1) is 0 Å². The summed E-state index contributed by atoms with van der Waals surface area (Å²) in [7, 11) is 0. The smallest absolute Gasteiger partial charge is 0.302 e. The van der Waals surface area contributed by atoms with Gasteiger partial charge in [-0.3, -0.25) is 9.79 Å². The molecular weight excluding hydrogens is 238 g/mol. The van der Waals surface area contributed by atoms with Crippen molar-refractivity contribution in [3.8, 4) is 0 Å². The minimum Gasteiger partial charge on any atom is -0.461 e. The molecule has 0 fully saturated rings. The molecule has 0 amide bonds. The molecule has 3 nitrogen and oxygen atoms in total. The van der Waals surface area contributed by atoms with Crippen LogP contribution in [0.25, 0.3) is 0 Å². The van der Waals surface area contributed by atoms with Gasteiger partial charge in [0.1, 0.15) is 6.10 Å². The van der Waals surface area contributed by atoms with E-state index < -0.39 is 0 Å². The third kappa shape index (κ3) is 4.19. The SMILES string of the molecule is CC(=O)OC(C)C1CCC(CCc2ccccc2)=N1. The van der Waals surface area contributed by atoms with Crippen LogP contribution in [0.3, 0.4) is 0 Å². The molecular formula is C16H21NO2. The largest absolute Gasteiger partial charge is 0.461 e. The average Bonchev–Trinajstić information content (AvgIpc) is 2.86. The maximum absolute atomic E-state index is 10.9. The topological polar surface area (TPSA) is 38.7 Å². The van der Waals surface area contributed by atoms with Gasteiger partial charge >= 0.3 is 5.97 Å². The predicted octanol–water partition coefficient (Wildman–Crippen LogP) is 3.17. The highest BCUT2D eigenvalue weighted by atomic mass is 16.5. The van der Waals surface area contributed by atoms with E-state index in [1.165, 1.54) is 18.2 Å². The van der Waals surface area contributed by atoms with E-state index in [-0.39, 0.29) is 18.1 Å². The molecule has 0 radical (unpaired) electrons. The molecule has 19 heavy (non-hydrogen) atoms. The second-order valence-electron chi connectivity index (χ2n) is 5.10. The van der Waals surface area contributed by atoms with E-state index >= 15 is 0 Å². The number of aliphatic imine (C=N–C) groups is 1. The van der Waals surface area contributed by atoms with Gasteiger partial charge in [-0.05, 0) is 38.2 Å². The summed E-state index contributed by atoms with van der Waals surface area (Å²) in [6, 6.07) is 10.6. The fourth-order valence-corrected chi connectivity index (χ4v) is 2.48. The minimum absolute atomic E-state index is 0.105. The maximum atomic E-state index is 10.9. The molecule has 1 aliphatic heterocycles. The molecule has 2 unspecified atom stereocenters. The van der Waals surface area contributed by atoms with Gasteiger partial charge in [-0.1, -0.05) is 30.3 Å². The van der Waals surface area contributed by atoms with Gasteiger partial charge in [-0.15, -0.1) is 0 Å². The number of carbonyl (C=O) groups is 1. The van der Waals surface area contributed by atoms with Crippen molar-refractivity contribution >= 4 is 11.7 Å². The number of benzene rings is 1. The maximum Gasteiger partial charge on any atom is 0.302 e. The first-order valence-corrected chi connectivity index (χ1v) is 6.92.